The summed E-state index contributed by atoms with van der Waals surface area (Å²) < 4.78 is 3.46. The quantitative estimate of drug-likeness (QED) is 0.512. The van der Waals surface area contributed by atoms with E-state index in [0.717, 1.165) is 17.0 Å². The van der Waals surface area contributed by atoms with E-state index in [9.17, 15) is 9.59 Å². The highest BCUT2D eigenvalue weighted by atomic mass is 16.2. The summed E-state index contributed by atoms with van der Waals surface area (Å²) in [6.07, 6.45) is 0. The van der Waals surface area contributed by atoms with E-state index >= 15 is 0 Å². The molecule has 1 amide bonds. The van der Waals surface area contributed by atoms with Gasteiger partial charge in [0.25, 0.3) is 11.5 Å². The summed E-state index contributed by atoms with van der Waals surface area (Å²) in [5.74, 6) is 0.777. The fraction of sp³-hybridized carbons (Fsp3) is 0.304. The molecule has 0 spiro atoms. The highest BCUT2D eigenvalue weighted by Crippen LogP contribution is 2.23. The summed E-state index contributed by atoms with van der Waals surface area (Å²) in [5.41, 5.74) is 2.24. The number of anilines is 1. The fourth-order valence-electron chi connectivity index (χ4n) is 4.28. The average molecular weight is 416 g/mol. The first-order valence-corrected chi connectivity index (χ1v) is 10.5. The molecule has 8 heteroatoms. The third-order valence-corrected chi connectivity index (χ3v) is 5.98. The van der Waals surface area contributed by atoms with Gasteiger partial charge in [0.05, 0.1) is 16.4 Å². The number of carbonyl (C=O) groups excluding carboxylic acids is 1. The number of aromatic nitrogens is 4. The molecule has 1 aliphatic heterocycles. The lowest BCUT2D eigenvalue weighted by molar-refractivity contribution is 0.0739. The van der Waals surface area contributed by atoms with Gasteiger partial charge < -0.3 is 14.4 Å². The highest BCUT2D eigenvalue weighted by Gasteiger charge is 2.27. The van der Waals surface area contributed by atoms with Crippen LogP contribution in [0.4, 0.5) is 5.95 Å². The van der Waals surface area contributed by atoms with Crippen molar-refractivity contribution in [1.82, 2.24) is 24.2 Å². The van der Waals surface area contributed by atoms with Gasteiger partial charge in [-0.25, -0.2) is 9.67 Å². The van der Waals surface area contributed by atoms with Crippen molar-refractivity contribution in [1.29, 1.82) is 0 Å². The van der Waals surface area contributed by atoms with E-state index in [1.54, 1.807) is 12.1 Å². The van der Waals surface area contributed by atoms with Gasteiger partial charge in [-0.3, -0.25) is 9.59 Å². The van der Waals surface area contributed by atoms with Crippen molar-refractivity contribution in [3.63, 3.8) is 0 Å². The zero-order valence-corrected chi connectivity index (χ0v) is 17.7. The third kappa shape index (κ3) is 3.15. The topological polar surface area (TPSA) is 76.3 Å². The number of imidazole rings is 1. The molecule has 1 saturated heterocycles. The molecule has 158 valence electrons. The van der Waals surface area contributed by atoms with Crippen LogP contribution in [-0.2, 0) is 13.6 Å². The summed E-state index contributed by atoms with van der Waals surface area (Å²) in [6.45, 7) is 4.80. The molecule has 2 aromatic carbocycles. The maximum absolute atomic E-state index is 13.4. The number of aryl methyl sites for hydroxylation is 2. The van der Waals surface area contributed by atoms with Gasteiger partial charge in [-0.1, -0.05) is 30.3 Å². The Bertz CT molecular complexity index is 1350. The van der Waals surface area contributed by atoms with Gasteiger partial charge in [0.2, 0.25) is 5.95 Å². The Morgan fingerprint density at radius 1 is 0.968 bits per heavy atom. The molecule has 2 aromatic heterocycles. The Balaban J connectivity index is 1.41. The van der Waals surface area contributed by atoms with Crippen molar-refractivity contribution in [2.24, 2.45) is 7.05 Å². The molecule has 1 aliphatic rings. The molecule has 0 N–H and O–H groups in total. The van der Waals surface area contributed by atoms with Crippen LogP contribution >= 0.6 is 0 Å². The van der Waals surface area contributed by atoms with Crippen LogP contribution < -0.4 is 10.5 Å². The first kappa shape index (κ1) is 19.3. The van der Waals surface area contributed by atoms with Gasteiger partial charge in [-0.15, -0.1) is 0 Å². The number of nitrogens with zero attached hydrogens (tertiary/aromatic N) is 6. The zero-order chi connectivity index (χ0) is 21.5. The first-order chi connectivity index (χ1) is 15.1. The van der Waals surface area contributed by atoms with Crippen molar-refractivity contribution >= 4 is 33.7 Å². The molecule has 0 atom stereocenters. The Morgan fingerprint density at radius 3 is 2.35 bits per heavy atom. The van der Waals surface area contributed by atoms with Crippen LogP contribution in [0.5, 0.6) is 0 Å². The van der Waals surface area contributed by atoms with E-state index in [1.807, 2.05) is 49.2 Å². The first-order valence-electron chi connectivity index (χ1n) is 10.5. The van der Waals surface area contributed by atoms with Gasteiger partial charge in [-0.2, -0.15) is 5.10 Å². The molecule has 0 saturated carbocycles. The predicted molar refractivity (Wildman–Crippen MR) is 121 cm³/mol. The van der Waals surface area contributed by atoms with E-state index in [2.05, 4.69) is 20.6 Å². The lowest BCUT2D eigenvalue weighted by Gasteiger charge is -2.35. The summed E-state index contributed by atoms with van der Waals surface area (Å²) in [4.78, 5) is 34.7. The third-order valence-electron chi connectivity index (χ3n) is 5.98. The predicted octanol–water partition coefficient (Wildman–Crippen LogP) is 2.27. The van der Waals surface area contributed by atoms with E-state index in [0.29, 0.717) is 49.2 Å². The molecule has 8 nitrogen and oxygen atoms in total. The van der Waals surface area contributed by atoms with Gasteiger partial charge in [-0.05, 0) is 25.1 Å². The molecule has 0 unspecified atom stereocenters. The average Bonchev–Trinajstić information content (AvgIpc) is 3.16. The molecular weight excluding hydrogens is 392 g/mol. The SMILES string of the molecule is CCn1nc(C(=O)N2CCN(c3nc4ccccc4n3C)CC2)c2ccccc2c1=O. The zero-order valence-electron chi connectivity index (χ0n) is 17.7. The molecular formula is C23H24N6O2. The van der Waals surface area contributed by atoms with Gasteiger partial charge in [0, 0.05) is 45.2 Å². The standard InChI is InChI=1S/C23H24N6O2/c1-3-29-21(30)17-9-5-4-8-16(17)20(25-29)22(31)27-12-14-28(15-13-27)23-24-18-10-6-7-11-19(18)26(23)2/h4-11H,3,12-15H2,1-2H3. The van der Waals surface area contributed by atoms with Crippen molar-refractivity contribution < 1.29 is 4.79 Å². The molecule has 31 heavy (non-hydrogen) atoms. The Labute approximate surface area is 179 Å². The minimum absolute atomic E-state index is 0.136. The van der Waals surface area contributed by atoms with Crippen molar-refractivity contribution in [2.75, 3.05) is 31.1 Å². The Hall–Kier alpha value is -3.68. The smallest absolute Gasteiger partial charge is 0.275 e. The number of fused-ring (bicyclic) bond motifs is 2. The number of amides is 1. The molecule has 3 heterocycles. The minimum atomic E-state index is -0.165. The summed E-state index contributed by atoms with van der Waals surface area (Å²) in [6, 6.07) is 15.3. The maximum Gasteiger partial charge on any atom is 0.275 e. The summed E-state index contributed by atoms with van der Waals surface area (Å²) in [5, 5.41) is 5.54. The summed E-state index contributed by atoms with van der Waals surface area (Å²) in [7, 11) is 2.02. The second kappa shape index (κ2) is 7.54. The van der Waals surface area contributed by atoms with Crippen LogP contribution in [0.1, 0.15) is 17.4 Å². The molecule has 0 bridgehead atoms. The van der Waals surface area contributed by atoms with Crippen LogP contribution in [0.2, 0.25) is 0 Å². The molecule has 5 rings (SSSR count). The monoisotopic (exact) mass is 416 g/mol. The minimum Gasteiger partial charge on any atom is -0.339 e. The normalized spacial score (nSPS) is 14.5. The van der Waals surface area contributed by atoms with Crippen molar-refractivity contribution in [3.05, 3.63) is 64.6 Å². The van der Waals surface area contributed by atoms with Crippen LogP contribution in [0.15, 0.2) is 53.3 Å². The van der Waals surface area contributed by atoms with E-state index in [-0.39, 0.29) is 11.5 Å². The lowest BCUT2D eigenvalue weighted by atomic mass is 10.1. The maximum atomic E-state index is 13.4. The number of benzene rings is 2. The van der Waals surface area contributed by atoms with Crippen LogP contribution in [0.3, 0.4) is 0 Å². The number of hydrogen-bond donors (Lipinski definition) is 0. The fourth-order valence-corrected chi connectivity index (χ4v) is 4.28. The summed E-state index contributed by atoms with van der Waals surface area (Å²) >= 11 is 0. The van der Waals surface area contributed by atoms with Crippen molar-refractivity contribution in [2.45, 2.75) is 13.5 Å². The number of rotatable bonds is 3. The van der Waals surface area contributed by atoms with Crippen LogP contribution in [0.25, 0.3) is 21.8 Å². The van der Waals surface area contributed by atoms with Gasteiger partial charge in [0.15, 0.2) is 5.69 Å². The van der Waals surface area contributed by atoms with E-state index < -0.39 is 0 Å². The number of carbonyl (C=O) groups is 1. The largest absolute Gasteiger partial charge is 0.339 e. The van der Waals surface area contributed by atoms with E-state index in [4.69, 9.17) is 4.98 Å². The number of piperazine rings is 1. The lowest BCUT2D eigenvalue weighted by Crippen LogP contribution is -2.50. The Kier molecular flexibility index (Phi) is 4.69. The van der Waals surface area contributed by atoms with Crippen LogP contribution in [0, 0.1) is 0 Å². The van der Waals surface area contributed by atoms with Gasteiger partial charge in [0.1, 0.15) is 0 Å². The van der Waals surface area contributed by atoms with Crippen LogP contribution in [-0.4, -0.2) is 56.3 Å². The molecule has 0 radical (unpaired) electrons. The van der Waals surface area contributed by atoms with Crippen molar-refractivity contribution in [3.8, 4) is 0 Å². The highest BCUT2D eigenvalue weighted by molar-refractivity contribution is 6.04. The second-order valence-electron chi connectivity index (χ2n) is 7.75. The number of hydrogen-bond acceptors (Lipinski definition) is 5. The molecule has 4 aromatic rings. The Morgan fingerprint density at radius 2 is 1.65 bits per heavy atom. The second-order valence-corrected chi connectivity index (χ2v) is 7.75. The molecule has 0 aliphatic carbocycles. The number of para-hydroxylation sites is 2. The van der Waals surface area contributed by atoms with E-state index in [1.165, 1.54) is 4.68 Å². The molecule has 1 fully saturated rings. The van der Waals surface area contributed by atoms with Gasteiger partial charge >= 0.3 is 0 Å².